The lowest BCUT2D eigenvalue weighted by Gasteiger charge is -2.35. The lowest BCUT2D eigenvalue weighted by Crippen LogP contribution is -2.20. The van der Waals surface area contributed by atoms with Crippen molar-refractivity contribution < 1.29 is 9.90 Å². The molecule has 1 aliphatic carbocycles. The van der Waals surface area contributed by atoms with E-state index in [1.807, 2.05) is 48.5 Å². The highest BCUT2D eigenvalue weighted by Crippen LogP contribution is 2.44. The number of hydrogen-bond acceptors (Lipinski definition) is 3. The molecule has 3 nitrogen and oxygen atoms in total. The Morgan fingerprint density at radius 1 is 1.03 bits per heavy atom. The van der Waals surface area contributed by atoms with Crippen LogP contribution in [0.25, 0.3) is 44.0 Å². The highest BCUT2D eigenvalue weighted by atomic mass is 16.3. The van der Waals surface area contributed by atoms with Crippen molar-refractivity contribution in [3.63, 3.8) is 0 Å². The van der Waals surface area contributed by atoms with Crippen LogP contribution in [0.4, 0.5) is 0 Å². The minimum absolute atomic E-state index is 0.150. The summed E-state index contributed by atoms with van der Waals surface area (Å²) in [6.07, 6.45) is 4.40. The molecule has 3 heteroatoms. The number of aryl methyl sites for hydroxylation is 1. The summed E-state index contributed by atoms with van der Waals surface area (Å²) in [7, 11) is 0. The van der Waals surface area contributed by atoms with Crippen molar-refractivity contribution in [3.05, 3.63) is 77.5 Å². The summed E-state index contributed by atoms with van der Waals surface area (Å²) in [5.74, 6) is -0.979. The van der Waals surface area contributed by atoms with E-state index in [-0.39, 0.29) is 11.0 Å². The molecule has 0 radical (unpaired) electrons. The zero-order valence-electron chi connectivity index (χ0n) is 23.4. The van der Waals surface area contributed by atoms with Crippen LogP contribution in [-0.2, 0) is 0 Å². The largest absolute Gasteiger partial charge is 0.455 e. The van der Waals surface area contributed by atoms with E-state index in [2.05, 4.69) is 24.9 Å². The number of pyridine rings is 1. The van der Waals surface area contributed by atoms with Gasteiger partial charge < -0.3 is 4.42 Å². The first kappa shape index (κ1) is 16.9. The van der Waals surface area contributed by atoms with Crippen LogP contribution in [0.15, 0.2) is 65.2 Å². The fraction of sp³-hybridized carbons (Fsp3) is 0.290. The molecule has 168 valence electrons. The van der Waals surface area contributed by atoms with E-state index >= 15 is 0 Å². The standard InChI is InChI=1S/C31H28N2O/c1-19-18-33-28(16-27(19)21-11-13-31(2,3)14-12-21)26-6-4-5-24-25-10-8-22-15-20(17-32)7-9-23(22)29(25)34-30(24)26/h4-10,15-16,18,21H,11-14H2,1-3H3/i1D3,21D. The topological polar surface area (TPSA) is 49.8 Å². The number of nitriles is 1. The Labute approximate surface area is 205 Å². The quantitative estimate of drug-likeness (QED) is 0.271. The molecule has 0 aliphatic heterocycles. The van der Waals surface area contributed by atoms with Gasteiger partial charge in [-0.25, -0.2) is 0 Å². The number of rotatable bonds is 2. The monoisotopic (exact) mass is 448 g/mol. The highest BCUT2D eigenvalue weighted by molar-refractivity contribution is 6.17. The molecule has 6 rings (SSSR count). The average Bonchev–Trinajstić information content (AvgIpc) is 3.28. The number of furan rings is 1. The lowest BCUT2D eigenvalue weighted by molar-refractivity contribution is 0.224. The smallest absolute Gasteiger partial charge is 0.144 e. The summed E-state index contributed by atoms with van der Waals surface area (Å²) in [5.41, 5.74) is 4.21. The molecule has 5 aromatic rings. The Kier molecular flexibility index (Phi) is 3.83. The maximum absolute atomic E-state index is 9.37. The maximum atomic E-state index is 9.37. The Hall–Kier alpha value is -3.64. The molecule has 0 bridgehead atoms. The van der Waals surface area contributed by atoms with E-state index in [1.165, 1.54) is 6.20 Å². The van der Waals surface area contributed by atoms with Crippen molar-refractivity contribution in [2.75, 3.05) is 0 Å². The Morgan fingerprint density at radius 3 is 2.62 bits per heavy atom. The van der Waals surface area contributed by atoms with Crippen molar-refractivity contribution in [2.45, 2.75) is 52.3 Å². The second-order valence-electron chi connectivity index (χ2n) is 10.2. The van der Waals surface area contributed by atoms with Crippen molar-refractivity contribution in [2.24, 2.45) is 5.41 Å². The van der Waals surface area contributed by atoms with E-state index in [1.54, 1.807) is 6.07 Å². The molecular formula is C31H28N2O. The van der Waals surface area contributed by atoms with Gasteiger partial charge in [0.2, 0.25) is 0 Å². The van der Waals surface area contributed by atoms with Gasteiger partial charge in [-0.1, -0.05) is 32.0 Å². The van der Waals surface area contributed by atoms with Gasteiger partial charge in [-0.3, -0.25) is 4.98 Å². The number of para-hydroxylation sites is 1. The summed E-state index contributed by atoms with van der Waals surface area (Å²) in [6.45, 7) is 2.07. The van der Waals surface area contributed by atoms with E-state index in [0.29, 0.717) is 35.2 Å². The molecule has 0 atom stereocenters. The number of nitrogens with zero attached hydrogens (tertiary/aromatic N) is 2. The van der Waals surface area contributed by atoms with Gasteiger partial charge in [0.15, 0.2) is 0 Å². The van der Waals surface area contributed by atoms with Crippen molar-refractivity contribution in [1.82, 2.24) is 4.98 Å². The minimum atomic E-state index is -2.35. The molecule has 0 saturated heterocycles. The molecule has 2 aromatic heterocycles. The first-order valence-electron chi connectivity index (χ1n) is 13.8. The Morgan fingerprint density at radius 2 is 1.82 bits per heavy atom. The fourth-order valence-corrected chi connectivity index (χ4v) is 5.25. The van der Waals surface area contributed by atoms with Crippen molar-refractivity contribution >= 4 is 32.7 Å². The summed E-state index contributed by atoms with van der Waals surface area (Å²) in [6, 6.07) is 19.4. The number of aromatic nitrogens is 1. The molecule has 1 saturated carbocycles. The molecule has 34 heavy (non-hydrogen) atoms. The molecule has 2 heterocycles. The number of fused-ring (bicyclic) bond motifs is 5. The number of benzene rings is 3. The van der Waals surface area contributed by atoms with Crippen LogP contribution < -0.4 is 0 Å². The fourth-order valence-electron chi connectivity index (χ4n) is 5.25. The van der Waals surface area contributed by atoms with Gasteiger partial charge >= 0.3 is 0 Å². The minimum Gasteiger partial charge on any atom is -0.455 e. The van der Waals surface area contributed by atoms with Gasteiger partial charge in [0.1, 0.15) is 11.2 Å². The maximum Gasteiger partial charge on any atom is 0.144 e. The summed E-state index contributed by atoms with van der Waals surface area (Å²) in [5, 5.41) is 13.0. The first-order valence-corrected chi connectivity index (χ1v) is 11.8. The lowest BCUT2D eigenvalue weighted by atomic mass is 9.71. The third-order valence-corrected chi connectivity index (χ3v) is 7.38. The van der Waals surface area contributed by atoms with Crippen LogP contribution in [0.5, 0.6) is 0 Å². The zero-order chi connectivity index (χ0) is 26.9. The average molecular weight is 449 g/mol. The Balaban J connectivity index is 1.55. The predicted molar refractivity (Wildman–Crippen MR) is 139 cm³/mol. The summed E-state index contributed by atoms with van der Waals surface area (Å²) < 4.78 is 40.3. The molecule has 0 amide bonds. The second-order valence-corrected chi connectivity index (χ2v) is 10.2. The van der Waals surface area contributed by atoms with Crippen LogP contribution in [0.3, 0.4) is 0 Å². The van der Waals surface area contributed by atoms with Gasteiger partial charge in [-0.2, -0.15) is 5.26 Å². The van der Waals surface area contributed by atoms with Gasteiger partial charge in [0, 0.05) is 33.4 Å². The molecule has 0 unspecified atom stereocenters. The van der Waals surface area contributed by atoms with E-state index in [9.17, 15) is 6.63 Å². The van der Waals surface area contributed by atoms with E-state index in [0.717, 1.165) is 45.5 Å². The van der Waals surface area contributed by atoms with Crippen LogP contribution in [0.2, 0.25) is 0 Å². The van der Waals surface area contributed by atoms with Crippen molar-refractivity contribution in [1.29, 1.82) is 5.26 Å². The van der Waals surface area contributed by atoms with Crippen LogP contribution in [0.1, 0.15) is 67.6 Å². The van der Waals surface area contributed by atoms with E-state index < -0.39 is 12.7 Å². The third kappa shape index (κ3) is 3.37. The van der Waals surface area contributed by atoms with E-state index in [4.69, 9.17) is 8.53 Å². The third-order valence-electron chi connectivity index (χ3n) is 7.38. The zero-order valence-corrected chi connectivity index (χ0v) is 19.4. The van der Waals surface area contributed by atoms with Crippen molar-refractivity contribution in [3.8, 4) is 17.3 Å². The molecule has 1 fully saturated rings. The van der Waals surface area contributed by atoms with Crippen LogP contribution in [0, 0.1) is 23.6 Å². The second kappa shape index (κ2) is 7.71. The molecule has 3 aromatic carbocycles. The normalized spacial score (nSPS) is 19.3. The van der Waals surface area contributed by atoms with Gasteiger partial charge in [0.05, 0.1) is 17.3 Å². The molecule has 1 aliphatic rings. The predicted octanol–water partition coefficient (Wildman–Crippen LogP) is 8.67. The summed E-state index contributed by atoms with van der Waals surface area (Å²) >= 11 is 0. The van der Waals surface area contributed by atoms with Gasteiger partial charge in [0.25, 0.3) is 0 Å². The summed E-state index contributed by atoms with van der Waals surface area (Å²) in [4.78, 5) is 4.60. The van der Waals surface area contributed by atoms with Gasteiger partial charge in [-0.05, 0) is 96.8 Å². The number of hydrogen-bond donors (Lipinski definition) is 0. The molecular weight excluding hydrogens is 416 g/mol. The van der Waals surface area contributed by atoms with Gasteiger partial charge in [-0.15, -0.1) is 0 Å². The SMILES string of the molecule is [2H]C([2H])([2H])c1cnc(-c2cccc3c2oc2c4ccc(C#N)cc4ccc32)cc1C1([2H])CCC(C)(C)CC1. The highest BCUT2D eigenvalue weighted by Gasteiger charge is 2.28. The molecule has 0 spiro atoms. The molecule has 0 N–H and O–H groups in total. The first-order chi connectivity index (χ1) is 18.0. The van der Waals surface area contributed by atoms with Crippen LogP contribution in [-0.4, -0.2) is 4.98 Å². The van der Waals surface area contributed by atoms with Crippen LogP contribution >= 0.6 is 0 Å². The Bertz CT molecular complexity index is 1760.